The molecular formula is C24H25N4O5+. The number of likely N-dealkylation sites (tertiary alicyclic amines) is 1. The monoisotopic (exact) mass is 449 g/mol. The minimum Gasteiger partial charge on any atom is -0.483 e. The number of hydrogen-bond donors (Lipinski definition) is 1. The van der Waals surface area contributed by atoms with Crippen LogP contribution >= 0.6 is 0 Å². The fraction of sp³-hybridized carbons (Fsp3) is 0.250. The van der Waals surface area contributed by atoms with Crippen LogP contribution in [0.3, 0.4) is 0 Å². The summed E-state index contributed by atoms with van der Waals surface area (Å²) >= 11 is 0. The van der Waals surface area contributed by atoms with Crippen molar-refractivity contribution in [1.82, 2.24) is 14.9 Å². The van der Waals surface area contributed by atoms with Gasteiger partial charge in [0.15, 0.2) is 18.5 Å². The van der Waals surface area contributed by atoms with Crippen molar-refractivity contribution < 1.29 is 24.2 Å². The van der Waals surface area contributed by atoms with Gasteiger partial charge >= 0.3 is 0 Å². The lowest BCUT2D eigenvalue weighted by atomic mass is 10.1. The third-order valence-electron chi connectivity index (χ3n) is 5.05. The SMILES string of the molecule is C[C@@H](C[OH2+])Oc1cc(Oc2ccc(C(=O)N3CCC3)cc2)cc(C(=O)Nc2cnccn2)c1. The molecular weight excluding hydrogens is 424 g/mol. The van der Waals surface area contributed by atoms with Crippen LogP contribution in [0.25, 0.3) is 0 Å². The highest BCUT2D eigenvalue weighted by Crippen LogP contribution is 2.29. The van der Waals surface area contributed by atoms with Gasteiger partial charge in [-0.1, -0.05) is 0 Å². The summed E-state index contributed by atoms with van der Waals surface area (Å²) in [7, 11) is 0. The summed E-state index contributed by atoms with van der Waals surface area (Å²) in [5.74, 6) is 1.23. The largest absolute Gasteiger partial charge is 0.483 e. The highest BCUT2D eigenvalue weighted by Gasteiger charge is 2.21. The molecule has 170 valence electrons. The Balaban J connectivity index is 1.54. The molecule has 9 nitrogen and oxygen atoms in total. The topological polar surface area (TPSA) is 117 Å². The van der Waals surface area contributed by atoms with E-state index in [-0.39, 0.29) is 18.6 Å². The summed E-state index contributed by atoms with van der Waals surface area (Å²) in [5.41, 5.74) is 0.905. The quantitative estimate of drug-likeness (QED) is 0.529. The molecule has 2 heterocycles. The molecule has 3 N–H and O–H groups in total. The van der Waals surface area contributed by atoms with Gasteiger partial charge in [0.05, 0.1) is 6.20 Å². The minimum atomic E-state index is -0.403. The standard InChI is InChI=1S/C24H24N4O5/c1-16(15-29)32-20-11-18(23(30)27-22-14-25-7-8-26-22)12-21(13-20)33-19-5-3-17(4-6-19)24(31)28-9-2-10-28/h3-8,11-14,16,29H,2,9-10,15H2,1H3,(H,26,27,30)/p+1/t16-/m0/s1. The van der Waals surface area contributed by atoms with E-state index in [0.29, 0.717) is 34.2 Å². The molecule has 0 radical (unpaired) electrons. The van der Waals surface area contributed by atoms with Crippen molar-refractivity contribution in [2.75, 3.05) is 25.0 Å². The molecule has 3 aromatic rings. The first-order chi connectivity index (χ1) is 16.0. The lowest BCUT2D eigenvalue weighted by molar-refractivity contribution is 0.0651. The second-order valence-corrected chi connectivity index (χ2v) is 7.64. The lowest BCUT2D eigenvalue weighted by Gasteiger charge is -2.30. The Kier molecular flexibility index (Phi) is 6.80. The van der Waals surface area contributed by atoms with E-state index < -0.39 is 5.91 Å². The Morgan fingerprint density at radius 2 is 1.82 bits per heavy atom. The number of benzene rings is 2. The second kappa shape index (κ2) is 10.1. The number of carbonyl (C=O) groups excluding carboxylic acids is 2. The van der Waals surface area contributed by atoms with Crippen LogP contribution in [0, 0.1) is 0 Å². The molecule has 1 aliphatic heterocycles. The first-order valence-electron chi connectivity index (χ1n) is 10.6. The number of anilines is 1. The number of nitrogens with zero attached hydrogens (tertiary/aromatic N) is 3. The third kappa shape index (κ3) is 5.64. The fourth-order valence-corrected chi connectivity index (χ4v) is 3.16. The molecule has 33 heavy (non-hydrogen) atoms. The van der Waals surface area contributed by atoms with E-state index in [0.717, 1.165) is 19.5 Å². The van der Waals surface area contributed by atoms with Crippen LogP contribution in [-0.4, -0.2) is 57.6 Å². The molecule has 0 unspecified atom stereocenters. The van der Waals surface area contributed by atoms with Crippen molar-refractivity contribution in [3.63, 3.8) is 0 Å². The molecule has 4 rings (SSSR count). The molecule has 1 atom stereocenters. The Morgan fingerprint density at radius 1 is 1.06 bits per heavy atom. The lowest BCUT2D eigenvalue weighted by Crippen LogP contribution is -2.41. The molecule has 0 spiro atoms. The number of carbonyl (C=O) groups is 2. The molecule has 9 heteroatoms. The summed E-state index contributed by atoms with van der Waals surface area (Å²) in [6, 6.07) is 11.7. The number of aromatic nitrogens is 2. The zero-order valence-corrected chi connectivity index (χ0v) is 18.2. The summed E-state index contributed by atoms with van der Waals surface area (Å²) < 4.78 is 11.7. The molecule has 1 fully saturated rings. The van der Waals surface area contributed by atoms with Crippen molar-refractivity contribution in [3.05, 3.63) is 72.2 Å². The van der Waals surface area contributed by atoms with E-state index in [2.05, 4.69) is 15.3 Å². The maximum Gasteiger partial charge on any atom is 0.257 e. The van der Waals surface area contributed by atoms with E-state index in [9.17, 15) is 9.59 Å². The Hall–Kier alpha value is -3.98. The second-order valence-electron chi connectivity index (χ2n) is 7.64. The molecule has 1 aromatic heterocycles. The van der Waals surface area contributed by atoms with Crippen LogP contribution in [0.5, 0.6) is 17.2 Å². The van der Waals surface area contributed by atoms with Crippen LogP contribution in [0.1, 0.15) is 34.1 Å². The number of ether oxygens (including phenoxy) is 2. The van der Waals surface area contributed by atoms with Crippen LogP contribution < -0.4 is 14.8 Å². The van der Waals surface area contributed by atoms with Crippen LogP contribution in [0.2, 0.25) is 0 Å². The maximum atomic E-state index is 12.8. The van der Waals surface area contributed by atoms with E-state index in [1.165, 1.54) is 18.6 Å². The number of amides is 2. The van der Waals surface area contributed by atoms with E-state index in [1.807, 2.05) is 0 Å². The smallest absolute Gasteiger partial charge is 0.257 e. The van der Waals surface area contributed by atoms with Gasteiger partial charge in [-0.05, 0) is 49.7 Å². The average molecular weight is 449 g/mol. The van der Waals surface area contributed by atoms with Crippen LogP contribution in [0.15, 0.2) is 61.1 Å². The van der Waals surface area contributed by atoms with Crippen LogP contribution in [0.4, 0.5) is 5.82 Å². The van der Waals surface area contributed by atoms with Crippen molar-refractivity contribution in [2.45, 2.75) is 19.4 Å². The van der Waals surface area contributed by atoms with Gasteiger partial charge in [-0.3, -0.25) is 14.6 Å². The van der Waals surface area contributed by atoms with Gasteiger partial charge in [-0.2, -0.15) is 0 Å². The summed E-state index contributed by atoms with van der Waals surface area (Å²) in [6.07, 6.45) is 5.12. The van der Waals surface area contributed by atoms with Gasteiger partial charge in [-0.15, -0.1) is 0 Å². The van der Waals surface area contributed by atoms with E-state index >= 15 is 0 Å². The summed E-state index contributed by atoms with van der Waals surface area (Å²) in [6.45, 7) is 3.42. The summed E-state index contributed by atoms with van der Waals surface area (Å²) in [5, 5.41) is 10.2. The molecule has 0 bridgehead atoms. The van der Waals surface area contributed by atoms with Gasteiger partial charge < -0.3 is 24.8 Å². The van der Waals surface area contributed by atoms with Crippen molar-refractivity contribution in [3.8, 4) is 17.2 Å². The van der Waals surface area contributed by atoms with Gasteiger partial charge in [0.1, 0.15) is 17.2 Å². The van der Waals surface area contributed by atoms with Crippen LogP contribution in [-0.2, 0) is 0 Å². The minimum absolute atomic E-state index is 0.00977. The van der Waals surface area contributed by atoms with Crippen molar-refractivity contribution in [1.29, 1.82) is 0 Å². The molecule has 0 aliphatic carbocycles. The normalized spacial score (nSPS) is 13.6. The van der Waals surface area contributed by atoms with Crippen molar-refractivity contribution >= 4 is 17.6 Å². The highest BCUT2D eigenvalue weighted by molar-refractivity contribution is 6.04. The first-order valence-corrected chi connectivity index (χ1v) is 10.6. The zero-order chi connectivity index (χ0) is 23.2. The van der Waals surface area contributed by atoms with Gasteiger partial charge in [-0.25, -0.2) is 4.98 Å². The molecule has 0 saturated carbocycles. The van der Waals surface area contributed by atoms with E-state index in [1.54, 1.807) is 54.3 Å². The van der Waals surface area contributed by atoms with Gasteiger partial charge in [0, 0.05) is 42.7 Å². The molecule has 1 aliphatic rings. The Labute approximate surface area is 191 Å². The maximum absolute atomic E-state index is 12.8. The Morgan fingerprint density at radius 3 is 2.45 bits per heavy atom. The Bertz CT molecular complexity index is 1120. The highest BCUT2D eigenvalue weighted by atomic mass is 16.5. The zero-order valence-electron chi connectivity index (χ0n) is 18.2. The third-order valence-corrected chi connectivity index (χ3v) is 5.05. The molecule has 1 saturated heterocycles. The van der Waals surface area contributed by atoms with E-state index in [4.69, 9.17) is 14.6 Å². The predicted octanol–water partition coefficient (Wildman–Crippen LogP) is 2.86. The van der Waals surface area contributed by atoms with Gasteiger partial charge in [0.25, 0.3) is 11.8 Å². The van der Waals surface area contributed by atoms with Crippen molar-refractivity contribution in [2.24, 2.45) is 0 Å². The fourth-order valence-electron chi connectivity index (χ4n) is 3.16. The summed E-state index contributed by atoms with van der Waals surface area (Å²) in [4.78, 5) is 34.9. The average Bonchev–Trinajstić information content (AvgIpc) is 2.79. The number of nitrogens with one attached hydrogen (secondary N) is 1. The first kappa shape index (κ1) is 22.2. The predicted molar refractivity (Wildman–Crippen MR) is 122 cm³/mol. The number of hydrogen-bond acceptors (Lipinski definition) is 6. The molecule has 2 amide bonds. The van der Waals surface area contributed by atoms with Gasteiger partial charge in [0.2, 0.25) is 0 Å². The molecule has 2 aromatic carbocycles. The number of rotatable bonds is 8.